The van der Waals surface area contributed by atoms with Gasteiger partial charge in [0.15, 0.2) is 5.82 Å². The van der Waals surface area contributed by atoms with Crippen molar-refractivity contribution in [1.82, 2.24) is 24.8 Å². The highest BCUT2D eigenvalue weighted by Gasteiger charge is 2.49. The normalized spacial score (nSPS) is 25.0. The molecule has 9 nitrogen and oxygen atoms in total. The van der Waals surface area contributed by atoms with E-state index in [1.807, 2.05) is 24.3 Å². The van der Waals surface area contributed by atoms with Gasteiger partial charge in [-0.1, -0.05) is 24.3 Å². The van der Waals surface area contributed by atoms with E-state index in [0.29, 0.717) is 36.3 Å². The summed E-state index contributed by atoms with van der Waals surface area (Å²) >= 11 is 0. The van der Waals surface area contributed by atoms with Crippen molar-refractivity contribution in [2.75, 3.05) is 57.9 Å². The highest BCUT2D eigenvalue weighted by atomic mass is 19.1. The molecule has 8 rings (SSSR count). The SMILES string of the molecule is Oc1cc(-c2ncc3c(NCC4(N5CCOCC5)CCC4)nc(OC[C@@]45CCCN4C[C@H](F)C5)nc3c2F)c2ccccc2c1. The van der Waals surface area contributed by atoms with Crippen molar-refractivity contribution >= 4 is 27.5 Å². The van der Waals surface area contributed by atoms with Gasteiger partial charge in [-0.2, -0.15) is 9.97 Å². The maximum atomic E-state index is 16.6. The number of fused-ring (bicyclic) bond motifs is 3. The summed E-state index contributed by atoms with van der Waals surface area (Å²) in [5, 5.41) is 16.0. The quantitative estimate of drug-likeness (QED) is 0.273. The lowest BCUT2D eigenvalue weighted by molar-refractivity contribution is -0.0493. The zero-order valence-corrected chi connectivity index (χ0v) is 25.3. The van der Waals surface area contributed by atoms with Gasteiger partial charge >= 0.3 is 6.01 Å². The van der Waals surface area contributed by atoms with Crippen LogP contribution in [0.5, 0.6) is 11.8 Å². The fourth-order valence-corrected chi connectivity index (χ4v) is 8.04. The van der Waals surface area contributed by atoms with E-state index in [1.165, 1.54) is 6.07 Å². The number of hydrogen-bond donors (Lipinski definition) is 2. The van der Waals surface area contributed by atoms with Crippen LogP contribution in [-0.4, -0.2) is 99.7 Å². The largest absolute Gasteiger partial charge is 0.508 e. The van der Waals surface area contributed by atoms with Crippen LogP contribution in [0.3, 0.4) is 0 Å². The zero-order chi connectivity index (χ0) is 30.6. The summed E-state index contributed by atoms with van der Waals surface area (Å²) in [5.41, 5.74) is 0.245. The minimum atomic E-state index is -0.884. The summed E-state index contributed by atoms with van der Waals surface area (Å²) < 4.78 is 42.9. The molecule has 236 valence electrons. The molecule has 1 aliphatic carbocycles. The number of halogens is 2. The molecule has 4 aromatic rings. The number of pyridine rings is 1. The van der Waals surface area contributed by atoms with Gasteiger partial charge in [0.2, 0.25) is 0 Å². The number of morpholine rings is 1. The first-order valence-electron chi connectivity index (χ1n) is 16.1. The lowest BCUT2D eigenvalue weighted by Crippen LogP contribution is -2.60. The fourth-order valence-electron chi connectivity index (χ4n) is 8.04. The number of hydrogen-bond acceptors (Lipinski definition) is 9. The van der Waals surface area contributed by atoms with E-state index in [4.69, 9.17) is 14.5 Å². The highest BCUT2D eigenvalue weighted by molar-refractivity contribution is 5.99. The van der Waals surface area contributed by atoms with E-state index in [9.17, 15) is 9.50 Å². The molecule has 0 unspecified atom stereocenters. The smallest absolute Gasteiger partial charge is 0.319 e. The van der Waals surface area contributed by atoms with Gasteiger partial charge in [-0.05, 0) is 61.6 Å². The molecule has 45 heavy (non-hydrogen) atoms. The van der Waals surface area contributed by atoms with Crippen LogP contribution in [0.2, 0.25) is 0 Å². The Morgan fingerprint density at radius 2 is 1.82 bits per heavy atom. The van der Waals surface area contributed by atoms with Crippen molar-refractivity contribution in [3.63, 3.8) is 0 Å². The van der Waals surface area contributed by atoms with Gasteiger partial charge < -0.3 is 19.9 Å². The topological polar surface area (TPSA) is 95.9 Å². The molecule has 3 aliphatic heterocycles. The van der Waals surface area contributed by atoms with Crippen molar-refractivity contribution < 1.29 is 23.4 Å². The molecule has 2 atom stereocenters. The Balaban J connectivity index is 1.18. The van der Waals surface area contributed by atoms with Crippen molar-refractivity contribution in [1.29, 1.82) is 0 Å². The maximum absolute atomic E-state index is 16.6. The molecule has 3 saturated heterocycles. The van der Waals surface area contributed by atoms with Crippen LogP contribution in [0, 0.1) is 5.82 Å². The van der Waals surface area contributed by atoms with Gasteiger partial charge in [-0.15, -0.1) is 0 Å². The second-order valence-corrected chi connectivity index (χ2v) is 13.1. The number of rotatable bonds is 8. The summed E-state index contributed by atoms with van der Waals surface area (Å²) in [4.78, 5) is 18.6. The number of nitrogens with one attached hydrogen (secondary N) is 1. The first-order chi connectivity index (χ1) is 21.9. The summed E-state index contributed by atoms with van der Waals surface area (Å²) in [7, 11) is 0. The van der Waals surface area contributed by atoms with Gasteiger partial charge in [-0.3, -0.25) is 14.8 Å². The number of alkyl halides is 1. The standard InChI is InChI=1S/C34H38F2N6O3/c35-23-17-34(9-4-10-42(34)19-23)21-45-32-39-30-27(31(40-32)38-20-33(7-3-8-33)41-11-13-44-14-12-41)18-37-29(28(30)36)26-16-24(43)15-22-5-1-2-6-25(22)26/h1-2,5-6,15-16,18,23,43H,3-4,7-14,17,19-21H2,(H,38,39,40)/t23-,34+/m1/s1. The van der Waals surface area contributed by atoms with Crippen LogP contribution >= 0.6 is 0 Å². The van der Waals surface area contributed by atoms with Crippen LogP contribution in [0.4, 0.5) is 14.6 Å². The van der Waals surface area contributed by atoms with Crippen LogP contribution < -0.4 is 10.1 Å². The number of aromatic nitrogens is 3. The predicted octanol–water partition coefficient (Wildman–Crippen LogP) is 5.31. The Kier molecular flexibility index (Phi) is 7.22. The van der Waals surface area contributed by atoms with Gasteiger partial charge in [0.25, 0.3) is 0 Å². The Morgan fingerprint density at radius 1 is 1.00 bits per heavy atom. The van der Waals surface area contributed by atoms with E-state index >= 15 is 4.39 Å². The van der Waals surface area contributed by atoms with Gasteiger partial charge in [-0.25, -0.2) is 8.78 Å². The van der Waals surface area contributed by atoms with Gasteiger partial charge in [0.05, 0.1) is 24.1 Å². The molecular weight excluding hydrogens is 578 g/mol. The first-order valence-corrected chi connectivity index (χ1v) is 16.1. The minimum absolute atomic E-state index is 0.0161. The Hall–Kier alpha value is -3.67. The molecular formula is C34H38F2N6O3. The molecule has 5 heterocycles. The number of phenolic OH excluding ortho intramolecular Hbond substituents is 1. The van der Waals surface area contributed by atoms with Crippen molar-refractivity contribution in [2.24, 2.45) is 0 Å². The van der Waals surface area contributed by atoms with Gasteiger partial charge in [0, 0.05) is 49.9 Å². The van der Waals surface area contributed by atoms with Crippen molar-refractivity contribution in [2.45, 2.75) is 55.8 Å². The molecule has 4 aliphatic rings. The van der Waals surface area contributed by atoms with Crippen LogP contribution in [0.1, 0.15) is 38.5 Å². The maximum Gasteiger partial charge on any atom is 0.319 e. The zero-order valence-electron chi connectivity index (χ0n) is 25.3. The van der Waals surface area contributed by atoms with E-state index in [0.717, 1.165) is 75.7 Å². The summed E-state index contributed by atoms with van der Waals surface area (Å²) in [6.45, 7) is 5.35. The van der Waals surface area contributed by atoms with E-state index < -0.39 is 12.0 Å². The molecule has 0 amide bonds. The molecule has 2 aromatic carbocycles. The molecule has 4 fully saturated rings. The fraction of sp³-hybridized carbons (Fsp3) is 0.500. The number of nitrogens with zero attached hydrogens (tertiary/aromatic N) is 5. The third kappa shape index (κ3) is 5.05. The molecule has 0 spiro atoms. The highest BCUT2D eigenvalue weighted by Crippen LogP contribution is 2.42. The van der Waals surface area contributed by atoms with E-state index in [-0.39, 0.29) is 40.7 Å². The second kappa shape index (κ2) is 11.3. The van der Waals surface area contributed by atoms with Crippen LogP contribution in [0.25, 0.3) is 32.9 Å². The average Bonchev–Trinajstić information content (AvgIpc) is 3.55. The average molecular weight is 617 g/mol. The summed E-state index contributed by atoms with van der Waals surface area (Å²) in [6, 6.07) is 10.7. The van der Waals surface area contributed by atoms with Crippen molar-refractivity contribution in [3.05, 3.63) is 48.4 Å². The lowest BCUT2D eigenvalue weighted by atomic mass is 9.75. The van der Waals surface area contributed by atoms with Crippen LogP contribution in [-0.2, 0) is 4.74 Å². The molecule has 0 radical (unpaired) electrons. The lowest BCUT2D eigenvalue weighted by Gasteiger charge is -2.51. The van der Waals surface area contributed by atoms with Crippen LogP contribution in [0.15, 0.2) is 42.6 Å². The third-order valence-corrected chi connectivity index (χ3v) is 10.5. The second-order valence-electron chi connectivity index (χ2n) is 13.1. The number of phenols is 1. The number of aromatic hydroxyl groups is 1. The Morgan fingerprint density at radius 3 is 2.64 bits per heavy atom. The van der Waals surface area contributed by atoms with E-state index in [1.54, 1.807) is 12.3 Å². The molecule has 2 aromatic heterocycles. The third-order valence-electron chi connectivity index (χ3n) is 10.5. The summed E-state index contributed by atoms with van der Waals surface area (Å²) in [5.74, 6) is -0.129. The molecule has 11 heteroatoms. The van der Waals surface area contributed by atoms with Gasteiger partial charge in [0.1, 0.15) is 35.6 Å². The monoisotopic (exact) mass is 616 g/mol. The summed E-state index contributed by atoms with van der Waals surface area (Å²) in [6.07, 6.45) is 6.26. The van der Waals surface area contributed by atoms with E-state index in [2.05, 4.69) is 25.1 Å². The van der Waals surface area contributed by atoms with Crippen molar-refractivity contribution in [3.8, 4) is 23.0 Å². The first kappa shape index (κ1) is 28.8. The number of benzene rings is 2. The molecule has 2 N–H and O–H groups in total. The molecule has 1 saturated carbocycles. The predicted molar refractivity (Wildman–Crippen MR) is 168 cm³/mol. The minimum Gasteiger partial charge on any atom is -0.508 e. The number of anilines is 1. The molecule has 0 bridgehead atoms. The Bertz CT molecular complexity index is 1750. The Labute approximate surface area is 260 Å². The number of ether oxygens (including phenoxy) is 2.